The number of furan rings is 1. The van der Waals surface area contributed by atoms with E-state index in [2.05, 4.69) is 22.1 Å². The average molecular weight is 478 g/mol. The monoisotopic (exact) mass is 477 g/mol. The molecule has 0 fully saturated rings. The van der Waals surface area contributed by atoms with Gasteiger partial charge in [-0.1, -0.05) is 42.1 Å². The summed E-state index contributed by atoms with van der Waals surface area (Å²) in [6.07, 6.45) is 3.44. The van der Waals surface area contributed by atoms with E-state index in [0.717, 1.165) is 20.7 Å². The number of carbonyl (C=O) groups excluding carboxylic acids is 1. The van der Waals surface area contributed by atoms with Crippen LogP contribution in [-0.2, 0) is 18.8 Å². The Morgan fingerprint density at radius 2 is 1.59 bits per heavy atom. The maximum atomic E-state index is 13.8. The van der Waals surface area contributed by atoms with E-state index in [1.165, 1.54) is 11.8 Å². The predicted octanol–water partition coefficient (Wildman–Crippen LogP) is 6.48. The molecule has 0 N–H and O–H groups in total. The van der Waals surface area contributed by atoms with Crippen molar-refractivity contribution >= 4 is 51.3 Å². The van der Waals surface area contributed by atoms with Gasteiger partial charge in [0, 0.05) is 38.9 Å². The molecule has 0 unspecified atom stereocenters. The number of para-hydroxylation sites is 1. The topological polar surface area (TPSA) is 59.2 Å². The Morgan fingerprint density at radius 3 is 2.25 bits per heavy atom. The van der Waals surface area contributed by atoms with Crippen molar-refractivity contribution in [1.29, 1.82) is 0 Å². The second-order valence-corrected chi connectivity index (χ2v) is 10.1. The summed E-state index contributed by atoms with van der Waals surface area (Å²) in [5.41, 5.74) is 1.60. The maximum absolute atomic E-state index is 13.8. The number of thioether (sulfide) groups is 1. The Labute approximate surface area is 197 Å². The van der Waals surface area contributed by atoms with Crippen LogP contribution in [0.4, 0.5) is 0 Å². The van der Waals surface area contributed by atoms with Crippen LogP contribution in [0.2, 0.25) is 0 Å². The molecule has 160 valence electrons. The highest BCUT2D eigenvalue weighted by Gasteiger charge is 2.26. The first-order valence-electron chi connectivity index (χ1n) is 10.0. The first kappa shape index (κ1) is 20.9. The molecule has 0 saturated heterocycles. The normalized spacial score (nSPS) is 11.1. The first-order valence-corrected chi connectivity index (χ1v) is 12.8. The number of amides is 1. The Hall–Kier alpha value is -2.94. The van der Waals surface area contributed by atoms with Gasteiger partial charge in [0.2, 0.25) is 0 Å². The van der Waals surface area contributed by atoms with E-state index in [1.54, 1.807) is 41.1 Å². The van der Waals surface area contributed by atoms with Crippen LogP contribution >= 0.6 is 34.4 Å². The van der Waals surface area contributed by atoms with Gasteiger partial charge in [0.1, 0.15) is 5.58 Å². The lowest BCUT2D eigenvalue weighted by atomic mass is 10.1. The van der Waals surface area contributed by atoms with Gasteiger partial charge in [-0.3, -0.25) is 4.79 Å². The van der Waals surface area contributed by atoms with Crippen LogP contribution in [0.1, 0.15) is 25.9 Å². The van der Waals surface area contributed by atoms with Crippen LogP contribution in [-0.4, -0.2) is 20.8 Å². The Kier molecular flexibility index (Phi) is 6.34. The van der Waals surface area contributed by atoms with Crippen molar-refractivity contribution in [1.82, 2.24) is 14.9 Å². The zero-order valence-electron chi connectivity index (χ0n) is 17.0. The minimum Gasteiger partial charge on any atom is -0.451 e. The second kappa shape index (κ2) is 9.68. The molecule has 0 bridgehead atoms. The molecule has 5 nitrogen and oxygen atoms in total. The fraction of sp³-hybridized carbons (Fsp3) is 0.125. The van der Waals surface area contributed by atoms with Crippen molar-refractivity contribution in [2.45, 2.75) is 24.0 Å². The summed E-state index contributed by atoms with van der Waals surface area (Å²) in [5.74, 6) is 0.837. The third-order valence-electron chi connectivity index (χ3n) is 4.92. The zero-order valence-corrected chi connectivity index (χ0v) is 19.5. The highest BCUT2D eigenvalue weighted by molar-refractivity contribution is 7.98. The average Bonchev–Trinajstić information content (AvgIpc) is 3.59. The van der Waals surface area contributed by atoms with Gasteiger partial charge in [-0.2, -0.15) is 0 Å². The number of carbonyl (C=O) groups is 1. The third-order valence-corrected chi connectivity index (χ3v) is 7.55. The van der Waals surface area contributed by atoms with Gasteiger partial charge in [0.05, 0.1) is 13.1 Å². The molecule has 1 amide bonds. The van der Waals surface area contributed by atoms with E-state index < -0.39 is 0 Å². The van der Waals surface area contributed by atoms with Crippen molar-refractivity contribution in [3.63, 3.8) is 0 Å². The molecule has 32 heavy (non-hydrogen) atoms. The molecule has 0 aliphatic heterocycles. The third kappa shape index (κ3) is 4.62. The summed E-state index contributed by atoms with van der Waals surface area (Å²) < 4.78 is 6.13. The molecule has 4 heterocycles. The van der Waals surface area contributed by atoms with Gasteiger partial charge in [-0.15, -0.1) is 22.7 Å². The summed E-state index contributed by atoms with van der Waals surface area (Å²) in [7, 11) is 0. The standard InChI is InChI=1S/C24H19N3O2S3/c28-23(27(14-17-6-3-12-30-17)15-18-7-4-13-31-18)22-20(16-32-24-25-10-5-11-26-24)19-8-1-2-9-21(19)29-22/h1-13H,14-16H2. The maximum Gasteiger partial charge on any atom is 0.290 e. The minimum atomic E-state index is -0.104. The molecule has 0 atom stereocenters. The van der Waals surface area contributed by atoms with Gasteiger partial charge < -0.3 is 9.32 Å². The Morgan fingerprint density at radius 1 is 0.906 bits per heavy atom. The van der Waals surface area contributed by atoms with Crippen LogP contribution in [0.15, 0.2) is 87.3 Å². The van der Waals surface area contributed by atoms with Gasteiger partial charge in [0.15, 0.2) is 10.9 Å². The number of hydrogen-bond donors (Lipinski definition) is 0. The number of aromatic nitrogens is 2. The molecule has 1 aromatic carbocycles. The predicted molar refractivity (Wildman–Crippen MR) is 130 cm³/mol. The van der Waals surface area contributed by atoms with E-state index in [1.807, 2.05) is 52.1 Å². The van der Waals surface area contributed by atoms with Crippen LogP contribution in [0.3, 0.4) is 0 Å². The summed E-state index contributed by atoms with van der Waals surface area (Å²) in [4.78, 5) is 26.5. The van der Waals surface area contributed by atoms with Crippen molar-refractivity contribution in [3.8, 4) is 0 Å². The fourth-order valence-corrected chi connectivity index (χ4v) is 5.71. The van der Waals surface area contributed by atoms with Crippen LogP contribution < -0.4 is 0 Å². The van der Waals surface area contributed by atoms with E-state index in [0.29, 0.717) is 35.3 Å². The molecule has 5 aromatic rings. The molecule has 0 aliphatic rings. The number of rotatable bonds is 8. The molecular weight excluding hydrogens is 458 g/mol. The van der Waals surface area contributed by atoms with Crippen molar-refractivity contribution in [3.05, 3.63) is 98.8 Å². The minimum absolute atomic E-state index is 0.104. The lowest BCUT2D eigenvalue weighted by Gasteiger charge is -2.21. The number of nitrogens with zero attached hydrogens (tertiary/aromatic N) is 3. The highest BCUT2D eigenvalue weighted by Crippen LogP contribution is 2.32. The van der Waals surface area contributed by atoms with E-state index in [9.17, 15) is 4.79 Å². The first-order chi connectivity index (χ1) is 15.8. The summed E-state index contributed by atoms with van der Waals surface area (Å²) in [6.45, 7) is 1.08. The lowest BCUT2D eigenvalue weighted by Crippen LogP contribution is -2.29. The van der Waals surface area contributed by atoms with Crippen LogP contribution in [0.5, 0.6) is 0 Å². The molecule has 0 radical (unpaired) electrons. The Balaban J connectivity index is 1.49. The Bertz CT molecular complexity index is 1260. The second-order valence-electron chi connectivity index (χ2n) is 7.05. The summed E-state index contributed by atoms with van der Waals surface area (Å²) in [5, 5.41) is 5.69. The molecule has 0 saturated carbocycles. The smallest absolute Gasteiger partial charge is 0.290 e. The quantitative estimate of drug-likeness (QED) is 0.189. The van der Waals surface area contributed by atoms with E-state index in [-0.39, 0.29) is 5.91 Å². The SMILES string of the molecule is O=C(c1oc2ccccc2c1CSc1ncccn1)N(Cc1cccs1)Cc1cccs1. The van der Waals surface area contributed by atoms with Gasteiger partial charge in [-0.25, -0.2) is 9.97 Å². The van der Waals surface area contributed by atoms with Gasteiger partial charge in [0.25, 0.3) is 5.91 Å². The number of hydrogen-bond acceptors (Lipinski definition) is 7. The lowest BCUT2D eigenvalue weighted by molar-refractivity contribution is 0.0702. The van der Waals surface area contributed by atoms with Crippen molar-refractivity contribution in [2.24, 2.45) is 0 Å². The van der Waals surface area contributed by atoms with E-state index in [4.69, 9.17) is 4.42 Å². The van der Waals surface area contributed by atoms with Crippen molar-refractivity contribution in [2.75, 3.05) is 0 Å². The molecule has 5 rings (SSSR count). The van der Waals surface area contributed by atoms with Gasteiger partial charge >= 0.3 is 0 Å². The number of benzene rings is 1. The van der Waals surface area contributed by atoms with E-state index >= 15 is 0 Å². The number of thiophene rings is 2. The fourth-order valence-electron chi connectivity index (χ4n) is 3.44. The van der Waals surface area contributed by atoms with Crippen LogP contribution in [0, 0.1) is 0 Å². The summed E-state index contributed by atoms with van der Waals surface area (Å²) >= 11 is 4.80. The highest BCUT2D eigenvalue weighted by atomic mass is 32.2. The molecule has 4 aromatic heterocycles. The van der Waals surface area contributed by atoms with Crippen LogP contribution in [0.25, 0.3) is 11.0 Å². The van der Waals surface area contributed by atoms with Gasteiger partial charge in [-0.05, 0) is 35.0 Å². The number of fused-ring (bicyclic) bond motifs is 1. The summed E-state index contributed by atoms with van der Waals surface area (Å²) in [6, 6.07) is 17.7. The molecule has 0 aliphatic carbocycles. The van der Waals surface area contributed by atoms with Crippen molar-refractivity contribution < 1.29 is 9.21 Å². The molecule has 0 spiro atoms. The molecular formula is C24H19N3O2S3. The molecule has 8 heteroatoms. The zero-order chi connectivity index (χ0) is 21.8. The largest absolute Gasteiger partial charge is 0.451 e.